The highest BCUT2D eigenvalue weighted by Crippen LogP contribution is 2.28. The van der Waals surface area contributed by atoms with Crippen molar-refractivity contribution < 1.29 is 9.53 Å². The van der Waals surface area contributed by atoms with E-state index in [2.05, 4.69) is 89.4 Å². The molecule has 9 heteroatoms. The molecule has 2 heterocycles. The molecule has 1 fully saturated rings. The van der Waals surface area contributed by atoms with E-state index in [0.29, 0.717) is 24.4 Å². The fraction of sp³-hybridized carbons (Fsp3) is 0.423. The molecule has 0 saturated carbocycles. The fourth-order valence-electron chi connectivity index (χ4n) is 4.15. The lowest BCUT2D eigenvalue weighted by Crippen LogP contribution is -2.37. The Morgan fingerprint density at radius 2 is 1.77 bits per heavy atom. The zero-order valence-corrected chi connectivity index (χ0v) is 21.7. The first kappa shape index (κ1) is 25.1. The second kappa shape index (κ2) is 11.6. The van der Waals surface area contributed by atoms with Gasteiger partial charge in [0.2, 0.25) is 11.9 Å². The molecule has 4 rings (SSSR count). The lowest BCUT2D eigenvalue weighted by atomic mass is 10.2. The first-order chi connectivity index (χ1) is 17.0. The van der Waals surface area contributed by atoms with Gasteiger partial charge in [0.15, 0.2) is 5.16 Å². The topological polar surface area (TPSA) is 75.5 Å². The molecule has 35 heavy (non-hydrogen) atoms. The molecular weight excluding hydrogens is 460 g/mol. The average molecular weight is 495 g/mol. The number of aryl methyl sites for hydroxylation is 1. The highest BCUT2D eigenvalue weighted by atomic mass is 32.2. The van der Waals surface area contributed by atoms with E-state index in [4.69, 9.17) is 4.74 Å². The van der Waals surface area contributed by atoms with E-state index >= 15 is 0 Å². The number of ether oxygens (including phenoxy) is 1. The summed E-state index contributed by atoms with van der Waals surface area (Å²) >= 11 is 1.39. The van der Waals surface area contributed by atoms with Crippen LogP contribution in [0.2, 0.25) is 0 Å². The molecule has 186 valence electrons. The molecule has 1 amide bonds. The number of carbonyl (C=O) groups is 1. The monoisotopic (exact) mass is 494 g/mol. The largest absolute Gasteiger partial charge is 0.378 e. The van der Waals surface area contributed by atoms with Crippen LogP contribution >= 0.6 is 11.8 Å². The van der Waals surface area contributed by atoms with Gasteiger partial charge in [-0.05, 0) is 64.1 Å². The van der Waals surface area contributed by atoms with Crippen LogP contribution in [0.15, 0.2) is 53.7 Å². The third-order valence-electron chi connectivity index (χ3n) is 5.98. The predicted molar refractivity (Wildman–Crippen MR) is 143 cm³/mol. The number of anilines is 3. The molecule has 1 saturated heterocycles. The standard InChI is InChI=1S/C26H34N6O2S/c1-5-31(19(2)3)22-12-8-21(9-13-22)27-24(33)18-35-26-29-28-25(30-14-16-34-17-15-30)32(26)23-10-6-20(4)7-11-23/h6-13,19H,5,14-18H2,1-4H3,(H,27,33). The summed E-state index contributed by atoms with van der Waals surface area (Å²) in [4.78, 5) is 17.2. The van der Waals surface area contributed by atoms with Crippen LogP contribution in [0, 0.1) is 6.92 Å². The molecule has 2 aromatic carbocycles. The van der Waals surface area contributed by atoms with Gasteiger partial charge in [-0.1, -0.05) is 29.5 Å². The highest BCUT2D eigenvalue weighted by molar-refractivity contribution is 7.99. The quantitative estimate of drug-likeness (QED) is 0.443. The Kier molecular flexibility index (Phi) is 8.30. The van der Waals surface area contributed by atoms with Crippen LogP contribution in [0.4, 0.5) is 17.3 Å². The second-order valence-electron chi connectivity index (χ2n) is 8.82. The highest BCUT2D eigenvalue weighted by Gasteiger charge is 2.22. The molecule has 1 aliphatic rings. The number of nitrogens with zero attached hydrogens (tertiary/aromatic N) is 5. The number of morpholine rings is 1. The summed E-state index contributed by atoms with van der Waals surface area (Å²) in [5, 5.41) is 12.6. The molecule has 0 unspecified atom stereocenters. The lowest BCUT2D eigenvalue weighted by Gasteiger charge is -2.28. The first-order valence-electron chi connectivity index (χ1n) is 12.1. The Morgan fingerprint density at radius 1 is 1.09 bits per heavy atom. The number of benzene rings is 2. The SMILES string of the molecule is CCN(c1ccc(NC(=O)CSc2nnc(N3CCOCC3)n2-c2ccc(C)cc2)cc1)C(C)C. The number of rotatable bonds is 9. The smallest absolute Gasteiger partial charge is 0.234 e. The van der Waals surface area contributed by atoms with E-state index in [1.807, 2.05) is 16.7 Å². The van der Waals surface area contributed by atoms with E-state index < -0.39 is 0 Å². The molecule has 0 radical (unpaired) electrons. The van der Waals surface area contributed by atoms with Crippen molar-refractivity contribution >= 4 is 35.0 Å². The van der Waals surface area contributed by atoms with Crippen molar-refractivity contribution in [1.29, 1.82) is 0 Å². The number of amides is 1. The summed E-state index contributed by atoms with van der Waals surface area (Å²) in [5.41, 5.74) is 4.10. The van der Waals surface area contributed by atoms with Crippen molar-refractivity contribution in [1.82, 2.24) is 14.8 Å². The van der Waals surface area contributed by atoms with Crippen molar-refractivity contribution in [2.75, 3.05) is 53.7 Å². The summed E-state index contributed by atoms with van der Waals surface area (Å²) in [7, 11) is 0. The van der Waals surface area contributed by atoms with E-state index in [1.165, 1.54) is 17.3 Å². The first-order valence-corrected chi connectivity index (χ1v) is 13.1. The Morgan fingerprint density at radius 3 is 2.40 bits per heavy atom. The minimum absolute atomic E-state index is 0.0784. The van der Waals surface area contributed by atoms with Gasteiger partial charge in [0.05, 0.1) is 24.7 Å². The summed E-state index contributed by atoms with van der Waals surface area (Å²) < 4.78 is 7.53. The number of hydrogen-bond donors (Lipinski definition) is 1. The maximum absolute atomic E-state index is 12.7. The van der Waals surface area contributed by atoms with Crippen LogP contribution in [-0.2, 0) is 9.53 Å². The molecule has 0 bridgehead atoms. The lowest BCUT2D eigenvalue weighted by molar-refractivity contribution is -0.113. The van der Waals surface area contributed by atoms with Crippen molar-refractivity contribution in [3.63, 3.8) is 0 Å². The fourth-order valence-corrected chi connectivity index (χ4v) is 4.90. The van der Waals surface area contributed by atoms with Crippen molar-refractivity contribution in [2.24, 2.45) is 0 Å². The van der Waals surface area contributed by atoms with Crippen LogP contribution in [0.5, 0.6) is 0 Å². The van der Waals surface area contributed by atoms with Crippen LogP contribution in [0.1, 0.15) is 26.3 Å². The van der Waals surface area contributed by atoms with Gasteiger partial charge in [0.1, 0.15) is 0 Å². The van der Waals surface area contributed by atoms with E-state index in [9.17, 15) is 4.79 Å². The molecule has 1 aliphatic heterocycles. The van der Waals surface area contributed by atoms with Crippen LogP contribution in [0.3, 0.4) is 0 Å². The maximum Gasteiger partial charge on any atom is 0.234 e. The van der Waals surface area contributed by atoms with Crippen molar-refractivity contribution in [3.8, 4) is 5.69 Å². The second-order valence-corrected chi connectivity index (χ2v) is 9.76. The zero-order chi connectivity index (χ0) is 24.8. The Hall–Kier alpha value is -3.04. The molecule has 3 aromatic rings. The molecular formula is C26H34N6O2S. The van der Waals surface area contributed by atoms with Gasteiger partial charge in [0, 0.05) is 37.1 Å². The molecule has 0 spiro atoms. The molecule has 0 aliphatic carbocycles. The van der Waals surface area contributed by atoms with Gasteiger partial charge in [-0.2, -0.15) is 0 Å². The van der Waals surface area contributed by atoms with Gasteiger partial charge in [-0.15, -0.1) is 10.2 Å². The predicted octanol–water partition coefficient (Wildman–Crippen LogP) is 4.38. The van der Waals surface area contributed by atoms with Crippen molar-refractivity contribution in [3.05, 3.63) is 54.1 Å². The Balaban J connectivity index is 1.45. The minimum atomic E-state index is -0.0784. The van der Waals surface area contributed by atoms with E-state index in [0.717, 1.165) is 42.6 Å². The molecule has 1 N–H and O–H groups in total. The number of carbonyl (C=O) groups excluding carboxylic acids is 1. The molecule has 1 aromatic heterocycles. The average Bonchev–Trinajstić information content (AvgIpc) is 3.29. The van der Waals surface area contributed by atoms with E-state index in [-0.39, 0.29) is 11.7 Å². The number of aromatic nitrogens is 3. The third kappa shape index (κ3) is 6.15. The minimum Gasteiger partial charge on any atom is -0.378 e. The number of thioether (sulfide) groups is 1. The van der Waals surface area contributed by atoms with Gasteiger partial charge in [-0.3, -0.25) is 9.36 Å². The molecule has 0 atom stereocenters. The Bertz CT molecular complexity index is 1110. The number of nitrogens with one attached hydrogen (secondary N) is 1. The number of hydrogen-bond acceptors (Lipinski definition) is 7. The third-order valence-corrected chi connectivity index (χ3v) is 6.91. The van der Waals surface area contributed by atoms with Gasteiger partial charge < -0.3 is 19.9 Å². The normalized spacial score (nSPS) is 13.8. The van der Waals surface area contributed by atoms with Crippen molar-refractivity contribution in [2.45, 2.75) is 38.9 Å². The molecule has 8 nitrogen and oxygen atoms in total. The maximum atomic E-state index is 12.7. The van der Waals surface area contributed by atoms with Gasteiger partial charge in [-0.25, -0.2) is 0 Å². The summed E-state index contributed by atoms with van der Waals surface area (Å²) in [6, 6.07) is 16.7. The summed E-state index contributed by atoms with van der Waals surface area (Å²) in [6.07, 6.45) is 0. The van der Waals surface area contributed by atoms with Gasteiger partial charge >= 0.3 is 0 Å². The summed E-state index contributed by atoms with van der Waals surface area (Å²) in [5.74, 6) is 0.939. The zero-order valence-electron chi connectivity index (χ0n) is 20.9. The van der Waals surface area contributed by atoms with Crippen LogP contribution < -0.4 is 15.1 Å². The Labute approximate surface area is 211 Å². The van der Waals surface area contributed by atoms with Crippen LogP contribution in [0.25, 0.3) is 5.69 Å². The van der Waals surface area contributed by atoms with Gasteiger partial charge in [0.25, 0.3) is 0 Å². The van der Waals surface area contributed by atoms with Crippen LogP contribution in [-0.4, -0.2) is 65.3 Å². The van der Waals surface area contributed by atoms with E-state index in [1.54, 1.807) is 0 Å². The summed E-state index contributed by atoms with van der Waals surface area (Å²) in [6.45, 7) is 12.4.